The van der Waals surface area contributed by atoms with Crippen molar-refractivity contribution >= 4 is 28.9 Å². The summed E-state index contributed by atoms with van der Waals surface area (Å²) in [4.78, 5) is 23.5. The Labute approximate surface area is 156 Å². The van der Waals surface area contributed by atoms with Crippen molar-refractivity contribution in [2.75, 3.05) is 13.1 Å². The van der Waals surface area contributed by atoms with Gasteiger partial charge in [0.15, 0.2) is 16.8 Å². The zero-order valence-electron chi connectivity index (χ0n) is 15.3. The van der Waals surface area contributed by atoms with Gasteiger partial charge in [0, 0.05) is 30.7 Å². The van der Waals surface area contributed by atoms with Gasteiger partial charge in [-0.3, -0.25) is 14.7 Å². The third-order valence-corrected chi connectivity index (χ3v) is 5.25. The second kappa shape index (κ2) is 7.45. The second-order valence-electron chi connectivity index (χ2n) is 5.89. The predicted molar refractivity (Wildman–Crippen MR) is 104 cm³/mol. The number of carbonyl (C=O) groups is 1. The number of nitrogens with zero attached hydrogens (tertiary/aromatic N) is 4. The number of rotatable bonds is 4. The van der Waals surface area contributed by atoms with Crippen LogP contribution in [-0.4, -0.2) is 38.6 Å². The maximum absolute atomic E-state index is 14.2. The van der Waals surface area contributed by atoms with Crippen LogP contribution in [0.25, 0.3) is 11.9 Å². The molecular formula is C19H21FN4OS. The van der Waals surface area contributed by atoms with Crippen molar-refractivity contribution in [3.05, 3.63) is 52.1 Å². The average molecular weight is 372 g/mol. The van der Waals surface area contributed by atoms with Crippen molar-refractivity contribution in [1.29, 1.82) is 0 Å². The number of amides is 1. The molecule has 3 rings (SSSR count). The summed E-state index contributed by atoms with van der Waals surface area (Å²) in [5, 5.41) is 0.732. The SMILES string of the molecule is CCN=C1S/C(=C\c2cc(C)n(-c3ncccc3F)c2C)C(=O)N1CC. The third kappa shape index (κ3) is 3.19. The molecule has 3 heterocycles. The lowest BCUT2D eigenvalue weighted by atomic mass is 10.2. The van der Waals surface area contributed by atoms with E-state index in [1.807, 2.05) is 39.8 Å². The zero-order valence-corrected chi connectivity index (χ0v) is 16.1. The fourth-order valence-corrected chi connectivity index (χ4v) is 4.08. The Morgan fingerprint density at radius 3 is 2.77 bits per heavy atom. The first-order valence-corrected chi connectivity index (χ1v) is 9.35. The highest BCUT2D eigenvalue weighted by Crippen LogP contribution is 2.33. The Morgan fingerprint density at radius 1 is 1.35 bits per heavy atom. The van der Waals surface area contributed by atoms with E-state index in [1.165, 1.54) is 17.8 Å². The fraction of sp³-hybridized carbons (Fsp3) is 0.316. The standard InChI is InChI=1S/C19H21FN4OS/c1-5-21-19-23(6-2)18(25)16(26-19)11-14-10-12(3)24(13(14)4)17-15(20)8-7-9-22-17/h7-11H,5-6H2,1-4H3/b16-11-,21-19?. The van der Waals surface area contributed by atoms with Gasteiger partial charge in [-0.1, -0.05) is 0 Å². The summed E-state index contributed by atoms with van der Waals surface area (Å²) in [7, 11) is 0. The highest BCUT2D eigenvalue weighted by atomic mass is 32.2. The van der Waals surface area contributed by atoms with Crippen LogP contribution in [0.2, 0.25) is 0 Å². The number of hydrogen-bond donors (Lipinski definition) is 0. The molecule has 7 heteroatoms. The first-order valence-electron chi connectivity index (χ1n) is 8.53. The molecule has 0 aliphatic carbocycles. The van der Waals surface area contributed by atoms with E-state index in [2.05, 4.69) is 9.98 Å². The molecule has 0 spiro atoms. The molecule has 1 amide bonds. The van der Waals surface area contributed by atoms with Crippen molar-refractivity contribution in [1.82, 2.24) is 14.5 Å². The minimum Gasteiger partial charge on any atom is -0.300 e. The minimum atomic E-state index is -0.380. The molecule has 0 unspecified atom stereocenters. The Kier molecular flexibility index (Phi) is 5.27. The number of aryl methyl sites for hydroxylation is 1. The first-order chi connectivity index (χ1) is 12.5. The Hall–Kier alpha value is -2.41. The summed E-state index contributed by atoms with van der Waals surface area (Å²) in [6.45, 7) is 8.89. The zero-order chi connectivity index (χ0) is 18.8. The number of carbonyl (C=O) groups excluding carboxylic acids is 1. The molecular weight excluding hydrogens is 351 g/mol. The van der Waals surface area contributed by atoms with Crippen LogP contribution in [0.15, 0.2) is 34.3 Å². The van der Waals surface area contributed by atoms with Crippen molar-refractivity contribution in [2.24, 2.45) is 4.99 Å². The van der Waals surface area contributed by atoms with Gasteiger partial charge in [-0.15, -0.1) is 0 Å². The second-order valence-corrected chi connectivity index (χ2v) is 6.90. The van der Waals surface area contributed by atoms with Gasteiger partial charge in [0.05, 0.1) is 4.91 Å². The average Bonchev–Trinajstić information content (AvgIpc) is 3.05. The number of halogens is 1. The summed E-state index contributed by atoms with van der Waals surface area (Å²) in [6.07, 6.45) is 3.42. The van der Waals surface area contributed by atoms with Crippen molar-refractivity contribution in [2.45, 2.75) is 27.7 Å². The summed E-state index contributed by atoms with van der Waals surface area (Å²) < 4.78 is 15.9. The summed E-state index contributed by atoms with van der Waals surface area (Å²) >= 11 is 1.38. The van der Waals surface area contributed by atoms with Crippen LogP contribution in [0.1, 0.15) is 30.8 Å². The summed E-state index contributed by atoms with van der Waals surface area (Å²) in [5.74, 6) is -0.158. The van der Waals surface area contributed by atoms with E-state index in [9.17, 15) is 9.18 Å². The highest BCUT2D eigenvalue weighted by Gasteiger charge is 2.32. The number of pyridine rings is 1. The quantitative estimate of drug-likeness (QED) is 0.764. The van der Waals surface area contributed by atoms with Crippen molar-refractivity contribution in [3.63, 3.8) is 0 Å². The van der Waals surface area contributed by atoms with E-state index < -0.39 is 0 Å². The van der Waals surface area contributed by atoms with E-state index in [1.54, 1.807) is 21.7 Å². The van der Waals surface area contributed by atoms with Gasteiger partial charge in [0.1, 0.15) is 0 Å². The predicted octanol–water partition coefficient (Wildman–Crippen LogP) is 3.94. The van der Waals surface area contributed by atoms with Gasteiger partial charge in [0.2, 0.25) is 0 Å². The van der Waals surface area contributed by atoms with Crippen LogP contribution in [0, 0.1) is 19.7 Å². The van der Waals surface area contributed by atoms with Crippen molar-refractivity contribution in [3.8, 4) is 5.82 Å². The molecule has 26 heavy (non-hydrogen) atoms. The minimum absolute atomic E-state index is 0.0430. The summed E-state index contributed by atoms with van der Waals surface area (Å²) in [5.41, 5.74) is 2.57. The van der Waals surface area contributed by atoms with Gasteiger partial charge < -0.3 is 4.57 Å². The van der Waals surface area contributed by atoms with Crippen LogP contribution in [-0.2, 0) is 4.79 Å². The lowest BCUT2D eigenvalue weighted by Gasteiger charge is -2.11. The smallest absolute Gasteiger partial charge is 0.266 e. The molecule has 136 valence electrons. The molecule has 2 aromatic rings. The van der Waals surface area contributed by atoms with Crippen LogP contribution in [0.5, 0.6) is 0 Å². The molecule has 0 aromatic carbocycles. The molecule has 0 radical (unpaired) electrons. The Bertz CT molecular complexity index is 916. The molecule has 0 atom stereocenters. The van der Waals surface area contributed by atoms with E-state index in [0.29, 0.717) is 18.0 Å². The molecule has 1 aliphatic rings. The molecule has 0 N–H and O–H groups in total. The van der Waals surface area contributed by atoms with Gasteiger partial charge >= 0.3 is 0 Å². The number of aliphatic imine (C=N–C) groups is 1. The largest absolute Gasteiger partial charge is 0.300 e. The van der Waals surface area contributed by atoms with Crippen LogP contribution < -0.4 is 0 Å². The van der Waals surface area contributed by atoms with Gasteiger partial charge in [-0.2, -0.15) is 0 Å². The Balaban J connectivity index is 2.03. The van der Waals surface area contributed by atoms with Gasteiger partial charge in [0.25, 0.3) is 5.91 Å². The monoisotopic (exact) mass is 372 g/mol. The van der Waals surface area contributed by atoms with Gasteiger partial charge in [-0.05, 0) is 69.3 Å². The topological polar surface area (TPSA) is 50.5 Å². The highest BCUT2D eigenvalue weighted by molar-refractivity contribution is 8.18. The van der Waals surface area contributed by atoms with E-state index in [-0.39, 0.29) is 17.5 Å². The molecule has 0 bridgehead atoms. The number of thioether (sulfide) groups is 1. The van der Waals surface area contributed by atoms with Crippen LogP contribution in [0.4, 0.5) is 4.39 Å². The molecule has 2 aromatic heterocycles. The summed E-state index contributed by atoms with van der Waals surface area (Å²) in [6, 6.07) is 4.90. The van der Waals surface area contributed by atoms with E-state index in [0.717, 1.165) is 22.1 Å². The van der Waals surface area contributed by atoms with E-state index in [4.69, 9.17) is 0 Å². The molecule has 1 aliphatic heterocycles. The third-order valence-electron chi connectivity index (χ3n) is 4.21. The number of aromatic nitrogens is 2. The number of likely N-dealkylation sites (N-methyl/N-ethyl adjacent to an activating group) is 1. The molecule has 5 nitrogen and oxygen atoms in total. The first kappa shape index (κ1) is 18.4. The molecule has 0 saturated carbocycles. The van der Waals surface area contributed by atoms with Crippen molar-refractivity contribution < 1.29 is 9.18 Å². The van der Waals surface area contributed by atoms with Crippen LogP contribution >= 0.6 is 11.8 Å². The number of amidine groups is 1. The van der Waals surface area contributed by atoms with Gasteiger partial charge in [-0.25, -0.2) is 9.37 Å². The lowest BCUT2D eigenvalue weighted by molar-refractivity contribution is -0.122. The van der Waals surface area contributed by atoms with E-state index >= 15 is 0 Å². The normalized spacial score (nSPS) is 17.7. The van der Waals surface area contributed by atoms with Crippen LogP contribution in [0.3, 0.4) is 0 Å². The maximum atomic E-state index is 14.2. The number of hydrogen-bond acceptors (Lipinski definition) is 4. The molecule has 1 saturated heterocycles. The lowest BCUT2D eigenvalue weighted by Crippen LogP contribution is -2.28. The Morgan fingerprint density at radius 2 is 2.12 bits per heavy atom. The molecule has 1 fully saturated rings. The fourth-order valence-electron chi connectivity index (χ4n) is 2.98. The maximum Gasteiger partial charge on any atom is 0.266 e.